The van der Waals surface area contributed by atoms with E-state index in [1.165, 1.54) is 18.2 Å². The fourth-order valence-electron chi connectivity index (χ4n) is 1.74. The number of phenols is 1. The normalized spacial score (nSPS) is 10.2. The fourth-order valence-corrected chi connectivity index (χ4v) is 1.74. The Labute approximate surface area is 110 Å². The highest BCUT2D eigenvalue weighted by Gasteiger charge is 2.10. The van der Waals surface area contributed by atoms with Crippen LogP contribution < -0.4 is 4.74 Å². The molecule has 2 N–H and O–H groups in total. The Hall–Kier alpha value is -2.49. The number of benzene rings is 2. The first kappa shape index (κ1) is 13.0. The Morgan fingerprint density at radius 1 is 1.21 bits per heavy atom. The molecule has 0 aromatic heterocycles. The molecule has 0 spiro atoms. The van der Waals surface area contributed by atoms with Crippen LogP contribution in [0.5, 0.6) is 11.5 Å². The fraction of sp³-hybridized carbons (Fsp3) is 0.133. The summed E-state index contributed by atoms with van der Waals surface area (Å²) >= 11 is 0. The van der Waals surface area contributed by atoms with Crippen molar-refractivity contribution in [3.8, 4) is 11.5 Å². The third kappa shape index (κ3) is 3.25. The summed E-state index contributed by atoms with van der Waals surface area (Å²) in [5.74, 6) is -1.04. The van der Waals surface area contributed by atoms with Crippen LogP contribution in [-0.2, 0) is 6.61 Å². The lowest BCUT2D eigenvalue weighted by molar-refractivity contribution is 0.0693. The average Bonchev–Trinajstić information content (AvgIpc) is 2.37. The highest BCUT2D eigenvalue weighted by atomic mass is 16.5. The van der Waals surface area contributed by atoms with Crippen LogP contribution in [0.25, 0.3) is 0 Å². The summed E-state index contributed by atoms with van der Waals surface area (Å²) in [6.45, 7) is 2.35. The van der Waals surface area contributed by atoms with Crippen LogP contribution in [0.15, 0.2) is 42.5 Å². The van der Waals surface area contributed by atoms with E-state index >= 15 is 0 Å². The molecular weight excluding hydrogens is 244 g/mol. The number of aromatic hydroxyl groups is 1. The SMILES string of the molecule is Cc1cccc(COc2ccc(O)c(C(=O)O)c2)c1. The number of carboxylic acid groups (broad SMARTS) is 1. The van der Waals surface area contributed by atoms with Crippen molar-refractivity contribution in [2.45, 2.75) is 13.5 Å². The number of hydrogen-bond acceptors (Lipinski definition) is 3. The van der Waals surface area contributed by atoms with Crippen molar-refractivity contribution in [2.75, 3.05) is 0 Å². The smallest absolute Gasteiger partial charge is 0.339 e. The standard InChI is InChI=1S/C15H14O4/c1-10-3-2-4-11(7-10)9-19-12-5-6-14(16)13(8-12)15(17)18/h2-8,16H,9H2,1H3,(H,17,18). The second-order valence-corrected chi connectivity index (χ2v) is 4.26. The molecule has 0 unspecified atom stereocenters. The van der Waals surface area contributed by atoms with Crippen LogP contribution in [-0.4, -0.2) is 16.2 Å². The van der Waals surface area contributed by atoms with Crippen molar-refractivity contribution in [1.29, 1.82) is 0 Å². The Morgan fingerprint density at radius 3 is 2.68 bits per heavy atom. The summed E-state index contributed by atoms with van der Waals surface area (Å²) in [5, 5.41) is 18.3. The van der Waals surface area contributed by atoms with Gasteiger partial charge in [0.25, 0.3) is 0 Å². The lowest BCUT2D eigenvalue weighted by atomic mass is 10.1. The van der Waals surface area contributed by atoms with E-state index in [1.807, 2.05) is 31.2 Å². The molecule has 0 amide bonds. The zero-order valence-electron chi connectivity index (χ0n) is 10.5. The van der Waals surface area contributed by atoms with Gasteiger partial charge in [-0.05, 0) is 30.7 Å². The summed E-state index contributed by atoms with van der Waals surface area (Å²) in [6.07, 6.45) is 0. The van der Waals surface area contributed by atoms with Gasteiger partial charge in [0.2, 0.25) is 0 Å². The van der Waals surface area contributed by atoms with E-state index in [0.29, 0.717) is 12.4 Å². The van der Waals surface area contributed by atoms with Gasteiger partial charge in [-0.25, -0.2) is 4.79 Å². The first-order chi connectivity index (χ1) is 9.06. The van der Waals surface area contributed by atoms with E-state index in [9.17, 15) is 9.90 Å². The third-order valence-electron chi connectivity index (χ3n) is 2.69. The monoisotopic (exact) mass is 258 g/mol. The van der Waals surface area contributed by atoms with Gasteiger partial charge >= 0.3 is 5.97 Å². The van der Waals surface area contributed by atoms with Gasteiger partial charge in [0.1, 0.15) is 23.7 Å². The molecule has 0 atom stereocenters. The van der Waals surface area contributed by atoms with E-state index in [1.54, 1.807) is 0 Å². The molecule has 4 heteroatoms. The summed E-state index contributed by atoms with van der Waals surface area (Å²) in [7, 11) is 0. The molecular formula is C15H14O4. The topological polar surface area (TPSA) is 66.8 Å². The van der Waals surface area contributed by atoms with Crippen molar-refractivity contribution in [3.63, 3.8) is 0 Å². The second kappa shape index (κ2) is 5.44. The molecule has 98 valence electrons. The Kier molecular flexibility index (Phi) is 3.71. The van der Waals surface area contributed by atoms with E-state index < -0.39 is 5.97 Å². The molecule has 0 bridgehead atoms. The van der Waals surface area contributed by atoms with Gasteiger partial charge in [-0.3, -0.25) is 0 Å². The number of aryl methyl sites for hydroxylation is 1. The molecule has 0 aliphatic carbocycles. The maximum atomic E-state index is 10.9. The summed E-state index contributed by atoms with van der Waals surface area (Å²) in [4.78, 5) is 10.9. The molecule has 0 saturated carbocycles. The van der Waals surface area contributed by atoms with E-state index in [-0.39, 0.29) is 11.3 Å². The van der Waals surface area contributed by atoms with E-state index in [4.69, 9.17) is 9.84 Å². The predicted octanol–water partition coefficient (Wildman–Crippen LogP) is 2.98. The van der Waals surface area contributed by atoms with Crippen LogP contribution in [0, 0.1) is 6.92 Å². The molecule has 2 aromatic rings. The van der Waals surface area contributed by atoms with Crippen LogP contribution in [0.1, 0.15) is 21.5 Å². The lowest BCUT2D eigenvalue weighted by Gasteiger charge is -2.08. The Balaban J connectivity index is 2.12. The molecule has 4 nitrogen and oxygen atoms in total. The van der Waals surface area contributed by atoms with Gasteiger partial charge in [0.05, 0.1) is 0 Å². The maximum absolute atomic E-state index is 10.9. The highest BCUT2D eigenvalue weighted by Crippen LogP contribution is 2.23. The number of rotatable bonds is 4. The zero-order valence-corrected chi connectivity index (χ0v) is 10.5. The minimum atomic E-state index is -1.18. The van der Waals surface area contributed by atoms with E-state index in [0.717, 1.165) is 11.1 Å². The van der Waals surface area contributed by atoms with Gasteiger partial charge in [-0.1, -0.05) is 29.8 Å². The lowest BCUT2D eigenvalue weighted by Crippen LogP contribution is -2.00. The second-order valence-electron chi connectivity index (χ2n) is 4.26. The van der Waals surface area contributed by atoms with Crippen molar-refractivity contribution >= 4 is 5.97 Å². The van der Waals surface area contributed by atoms with Gasteiger partial charge in [0, 0.05) is 0 Å². The molecule has 0 saturated heterocycles. The number of carboxylic acids is 1. The van der Waals surface area contributed by atoms with Gasteiger partial charge in [-0.2, -0.15) is 0 Å². The van der Waals surface area contributed by atoms with Crippen LogP contribution in [0.3, 0.4) is 0 Å². The molecule has 0 heterocycles. The predicted molar refractivity (Wildman–Crippen MR) is 70.6 cm³/mol. The van der Waals surface area contributed by atoms with E-state index in [2.05, 4.69) is 0 Å². The average molecular weight is 258 g/mol. The van der Waals surface area contributed by atoms with Crippen LogP contribution in [0.2, 0.25) is 0 Å². The summed E-state index contributed by atoms with van der Waals surface area (Å²) in [6, 6.07) is 12.0. The number of ether oxygens (including phenoxy) is 1. The molecule has 0 aliphatic heterocycles. The van der Waals surface area contributed by atoms with Gasteiger partial charge in [-0.15, -0.1) is 0 Å². The first-order valence-corrected chi connectivity index (χ1v) is 5.81. The first-order valence-electron chi connectivity index (χ1n) is 5.81. The minimum absolute atomic E-state index is 0.165. The van der Waals surface area contributed by atoms with Gasteiger partial charge < -0.3 is 14.9 Å². The largest absolute Gasteiger partial charge is 0.507 e. The van der Waals surface area contributed by atoms with Crippen molar-refractivity contribution < 1.29 is 19.7 Å². The Morgan fingerprint density at radius 2 is 2.00 bits per heavy atom. The molecule has 2 rings (SSSR count). The Bertz CT molecular complexity index is 605. The minimum Gasteiger partial charge on any atom is -0.507 e. The van der Waals surface area contributed by atoms with Crippen molar-refractivity contribution in [2.24, 2.45) is 0 Å². The molecule has 0 fully saturated rings. The maximum Gasteiger partial charge on any atom is 0.339 e. The van der Waals surface area contributed by atoms with Crippen molar-refractivity contribution in [1.82, 2.24) is 0 Å². The van der Waals surface area contributed by atoms with Gasteiger partial charge in [0.15, 0.2) is 0 Å². The molecule has 2 aromatic carbocycles. The zero-order chi connectivity index (χ0) is 13.8. The number of aromatic carboxylic acids is 1. The highest BCUT2D eigenvalue weighted by molar-refractivity contribution is 5.91. The number of hydrogen-bond donors (Lipinski definition) is 2. The molecule has 0 aliphatic rings. The van der Waals surface area contributed by atoms with Crippen LogP contribution >= 0.6 is 0 Å². The quantitative estimate of drug-likeness (QED) is 0.884. The van der Waals surface area contributed by atoms with Crippen molar-refractivity contribution in [3.05, 3.63) is 59.2 Å². The summed E-state index contributed by atoms with van der Waals surface area (Å²) < 4.78 is 5.52. The molecule has 19 heavy (non-hydrogen) atoms. The number of carbonyl (C=O) groups is 1. The third-order valence-corrected chi connectivity index (χ3v) is 2.69. The van der Waals surface area contributed by atoms with Crippen LogP contribution in [0.4, 0.5) is 0 Å². The molecule has 0 radical (unpaired) electrons. The summed E-state index contributed by atoms with van der Waals surface area (Å²) in [5.41, 5.74) is 1.98.